The Kier molecular flexibility index (Phi) is 4.36. The van der Waals surface area contributed by atoms with E-state index in [9.17, 15) is 0 Å². The van der Waals surface area contributed by atoms with Crippen LogP contribution in [0.2, 0.25) is 9.36 Å². The number of hydrogen-bond donors (Lipinski definition) is 0. The van der Waals surface area contributed by atoms with Gasteiger partial charge in [0.25, 0.3) is 0 Å². The quantitative estimate of drug-likeness (QED) is 0.519. The monoisotopic (exact) mass is 398 g/mol. The highest BCUT2D eigenvalue weighted by atomic mass is 79.9. The topological polar surface area (TPSA) is 0 Å². The SMILES string of the molecule is Clc1ccc(C(Br)c2ccc(Cl)c(Br)c2)s1. The predicted octanol–water partition coefficient (Wildman–Crippen LogP) is 6.30. The van der Waals surface area contributed by atoms with Crippen LogP contribution in [-0.4, -0.2) is 0 Å². The molecule has 2 rings (SSSR count). The summed E-state index contributed by atoms with van der Waals surface area (Å²) >= 11 is 20.5. The zero-order valence-corrected chi connectivity index (χ0v) is 13.4. The molecule has 0 N–H and O–H groups in total. The van der Waals surface area contributed by atoms with E-state index in [1.54, 1.807) is 11.3 Å². The van der Waals surface area contributed by atoms with Gasteiger partial charge in [-0.15, -0.1) is 11.3 Å². The van der Waals surface area contributed by atoms with Crippen molar-refractivity contribution in [2.45, 2.75) is 4.83 Å². The highest BCUT2D eigenvalue weighted by molar-refractivity contribution is 9.10. The lowest BCUT2D eigenvalue weighted by molar-refractivity contribution is 1.22. The molecule has 0 nitrogen and oxygen atoms in total. The minimum atomic E-state index is 0.151. The van der Waals surface area contributed by atoms with Crippen molar-refractivity contribution in [1.29, 1.82) is 0 Å². The van der Waals surface area contributed by atoms with Gasteiger partial charge in [0.2, 0.25) is 0 Å². The Morgan fingerprint density at radius 1 is 1.12 bits per heavy atom. The molecule has 0 saturated heterocycles. The average Bonchev–Trinajstić information content (AvgIpc) is 2.68. The van der Waals surface area contributed by atoms with Crippen molar-refractivity contribution in [2.75, 3.05) is 0 Å². The molecule has 84 valence electrons. The summed E-state index contributed by atoms with van der Waals surface area (Å²) in [6.45, 7) is 0. The molecule has 1 unspecified atom stereocenters. The van der Waals surface area contributed by atoms with Crippen LogP contribution >= 0.6 is 66.4 Å². The van der Waals surface area contributed by atoms with Crippen LogP contribution in [0, 0.1) is 0 Å². The highest BCUT2D eigenvalue weighted by Crippen LogP contribution is 2.38. The predicted molar refractivity (Wildman–Crippen MR) is 79.3 cm³/mol. The van der Waals surface area contributed by atoms with Gasteiger partial charge in [0, 0.05) is 9.35 Å². The van der Waals surface area contributed by atoms with Crippen molar-refractivity contribution in [3.8, 4) is 0 Å². The lowest BCUT2D eigenvalue weighted by Crippen LogP contribution is -1.89. The standard InChI is InChI=1S/C11H6Br2Cl2S/c12-7-5-6(1-2-8(7)14)11(13)9-3-4-10(15)16-9/h1-5,11H. The molecule has 0 aliphatic heterocycles. The third-order valence-corrected chi connectivity index (χ3v) is 5.92. The van der Waals surface area contributed by atoms with E-state index in [-0.39, 0.29) is 4.83 Å². The Labute approximate surface area is 125 Å². The molecule has 0 bridgehead atoms. The Balaban J connectivity index is 2.33. The minimum Gasteiger partial charge on any atom is -0.127 e. The molecule has 1 aromatic carbocycles. The van der Waals surface area contributed by atoms with Gasteiger partial charge in [-0.2, -0.15) is 0 Å². The lowest BCUT2D eigenvalue weighted by atomic mass is 10.1. The number of thiophene rings is 1. The first-order chi connectivity index (χ1) is 7.58. The Morgan fingerprint density at radius 3 is 2.44 bits per heavy atom. The molecular formula is C11H6Br2Cl2S. The van der Waals surface area contributed by atoms with Crippen LogP contribution in [0.5, 0.6) is 0 Å². The summed E-state index contributed by atoms with van der Waals surface area (Å²) in [5.41, 5.74) is 1.15. The van der Waals surface area contributed by atoms with Gasteiger partial charge in [0.05, 0.1) is 14.2 Å². The second-order valence-corrected chi connectivity index (χ2v) is 7.10. The zero-order chi connectivity index (χ0) is 11.7. The Bertz CT molecular complexity index is 510. The summed E-state index contributed by atoms with van der Waals surface area (Å²) in [5, 5.41) is 0.715. The highest BCUT2D eigenvalue weighted by Gasteiger charge is 2.13. The summed E-state index contributed by atoms with van der Waals surface area (Å²) in [5.74, 6) is 0. The van der Waals surface area contributed by atoms with Gasteiger partial charge in [-0.05, 0) is 45.8 Å². The van der Waals surface area contributed by atoms with E-state index in [0.29, 0.717) is 5.02 Å². The molecule has 1 atom stereocenters. The van der Waals surface area contributed by atoms with Gasteiger partial charge in [-0.3, -0.25) is 0 Å². The van der Waals surface area contributed by atoms with Crippen molar-refractivity contribution in [2.24, 2.45) is 0 Å². The van der Waals surface area contributed by atoms with E-state index in [4.69, 9.17) is 23.2 Å². The summed E-state index contributed by atoms with van der Waals surface area (Å²) in [4.78, 5) is 1.33. The largest absolute Gasteiger partial charge is 0.127 e. The van der Waals surface area contributed by atoms with Gasteiger partial charge in [-0.1, -0.05) is 45.2 Å². The number of hydrogen-bond acceptors (Lipinski definition) is 1. The fraction of sp³-hybridized carbons (Fsp3) is 0.0909. The average molecular weight is 401 g/mol. The summed E-state index contributed by atoms with van der Waals surface area (Å²) < 4.78 is 1.70. The fourth-order valence-corrected chi connectivity index (χ4v) is 3.60. The van der Waals surface area contributed by atoms with Crippen LogP contribution in [0.4, 0.5) is 0 Å². The molecule has 1 aromatic heterocycles. The lowest BCUT2D eigenvalue weighted by Gasteiger charge is -2.09. The molecule has 0 aliphatic carbocycles. The van der Waals surface area contributed by atoms with Crippen LogP contribution in [0.25, 0.3) is 0 Å². The third-order valence-electron chi connectivity index (χ3n) is 2.08. The van der Waals surface area contributed by atoms with E-state index in [0.717, 1.165) is 14.4 Å². The van der Waals surface area contributed by atoms with Gasteiger partial charge in [0.1, 0.15) is 0 Å². The molecular weight excluding hydrogens is 395 g/mol. The van der Waals surface area contributed by atoms with Crippen LogP contribution in [0.3, 0.4) is 0 Å². The zero-order valence-electron chi connectivity index (χ0n) is 7.88. The van der Waals surface area contributed by atoms with Crippen LogP contribution in [-0.2, 0) is 0 Å². The molecule has 5 heteroatoms. The van der Waals surface area contributed by atoms with Crippen LogP contribution in [0.15, 0.2) is 34.8 Å². The molecule has 1 heterocycles. The van der Waals surface area contributed by atoms with Crippen molar-refractivity contribution in [3.05, 3.63) is 54.6 Å². The maximum Gasteiger partial charge on any atom is 0.0931 e. The minimum absolute atomic E-state index is 0.151. The van der Waals surface area contributed by atoms with E-state index in [1.165, 1.54) is 4.88 Å². The molecule has 0 radical (unpaired) electrons. The fourth-order valence-electron chi connectivity index (χ4n) is 1.30. The maximum atomic E-state index is 5.95. The first kappa shape index (κ1) is 12.9. The molecule has 0 aliphatic rings. The molecule has 0 spiro atoms. The first-order valence-electron chi connectivity index (χ1n) is 4.42. The van der Waals surface area contributed by atoms with Crippen molar-refractivity contribution in [1.82, 2.24) is 0 Å². The Morgan fingerprint density at radius 2 is 1.88 bits per heavy atom. The van der Waals surface area contributed by atoms with Gasteiger partial charge in [0.15, 0.2) is 0 Å². The first-order valence-corrected chi connectivity index (χ1v) is 7.70. The van der Waals surface area contributed by atoms with Crippen molar-refractivity contribution < 1.29 is 0 Å². The number of rotatable bonds is 2. The van der Waals surface area contributed by atoms with E-state index in [2.05, 4.69) is 31.9 Å². The van der Waals surface area contributed by atoms with E-state index in [1.807, 2.05) is 30.3 Å². The summed E-state index contributed by atoms with van der Waals surface area (Å²) in [6.07, 6.45) is 0. The number of alkyl halides is 1. The van der Waals surface area contributed by atoms with Crippen molar-refractivity contribution >= 4 is 66.4 Å². The molecule has 0 saturated carbocycles. The third kappa shape index (κ3) is 2.82. The van der Waals surface area contributed by atoms with Gasteiger partial charge in [-0.25, -0.2) is 0 Å². The Hall–Kier alpha value is 0.460. The van der Waals surface area contributed by atoms with Crippen LogP contribution in [0.1, 0.15) is 15.3 Å². The second-order valence-electron chi connectivity index (χ2n) is 3.18. The molecule has 0 fully saturated rings. The maximum absolute atomic E-state index is 5.95. The molecule has 0 amide bonds. The number of halogens is 4. The van der Waals surface area contributed by atoms with Crippen LogP contribution < -0.4 is 0 Å². The van der Waals surface area contributed by atoms with E-state index < -0.39 is 0 Å². The second kappa shape index (κ2) is 5.40. The number of benzene rings is 1. The van der Waals surface area contributed by atoms with Gasteiger partial charge >= 0.3 is 0 Å². The van der Waals surface area contributed by atoms with E-state index >= 15 is 0 Å². The normalized spacial score (nSPS) is 12.8. The smallest absolute Gasteiger partial charge is 0.0931 e. The molecule has 2 aromatic rings. The van der Waals surface area contributed by atoms with Gasteiger partial charge < -0.3 is 0 Å². The van der Waals surface area contributed by atoms with Crippen molar-refractivity contribution in [3.63, 3.8) is 0 Å². The summed E-state index contributed by atoms with van der Waals surface area (Å²) in [6, 6.07) is 9.82. The molecule has 16 heavy (non-hydrogen) atoms. The summed E-state index contributed by atoms with van der Waals surface area (Å²) in [7, 11) is 0.